The van der Waals surface area contributed by atoms with Crippen LogP contribution in [0.25, 0.3) is 10.9 Å². The number of hydrogen-bond acceptors (Lipinski definition) is 9. The van der Waals surface area contributed by atoms with E-state index in [0.29, 0.717) is 13.0 Å². The number of aromatic amines is 1. The van der Waals surface area contributed by atoms with Crippen molar-refractivity contribution in [2.75, 3.05) is 42.0 Å². The van der Waals surface area contributed by atoms with Gasteiger partial charge in [0.25, 0.3) is 0 Å². The molecule has 0 radical (unpaired) electrons. The lowest BCUT2D eigenvalue weighted by Crippen LogP contribution is -2.61. The van der Waals surface area contributed by atoms with Crippen LogP contribution in [0.3, 0.4) is 0 Å². The third-order valence-corrected chi connectivity index (χ3v) is 11.6. The highest BCUT2D eigenvalue weighted by Crippen LogP contribution is 2.30. The summed E-state index contributed by atoms with van der Waals surface area (Å²) in [7, 11) is 7.76. The Hall–Kier alpha value is -4.01. The first-order chi connectivity index (χ1) is 26.0. The van der Waals surface area contributed by atoms with Crippen LogP contribution in [0.4, 0.5) is 0 Å². The van der Waals surface area contributed by atoms with Crippen LogP contribution in [-0.2, 0) is 44.6 Å². The van der Waals surface area contributed by atoms with Gasteiger partial charge in [-0.25, -0.2) is 4.79 Å². The second kappa shape index (κ2) is 20.2. The number of methoxy groups -OCH3 is 3. The number of H-pyrrole nitrogens is 1. The molecule has 4 N–H and O–H groups in total. The number of esters is 1. The minimum absolute atomic E-state index is 0.00281. The SMILES string of the molecule is CC[C@H](C)[C@@H]([C@@H](CC(=O)N1CCC[C@H]1[C@H](OC)[C@@H](C)C(=O)N[C@@H](Cc1c[nH]c2ccccc12)C(=O)OC)OC)N(C)C(=O)[C@@H](NC(=O)C(C)(C)NC)C(C)C. The summed E-state index contributed by atoms with van der Waals surface area (Å²) in [6.45, 7) is 13.5. The van der Waals surface area contributed by atoms with E-state index in [1.807, 2.05) is 58.2 Å². The molecule has 2 heterocycles. The fourth-order valence-corrected chi connectivity index (χ4v) is 7.63. The van der Waals surface area contributed by atoms with Crippen molar-refractivity contribution in [3.8, 4) is 0 Å². The zero-order valence-electron chi connectivity index (χ0n) is 35.0. The van der Waals surface area contributed by atoms with Crippen molar-refractivity contribution in [1.82, 2.24) is 30.7 Å². The Labute approximate surface area is 327 Å². The molecule has 14 heteroatoms. The molecule has 8 atom stereocenters. The van der Waals surface area contributed by atoms with E-state index in [4.69, 9.17) is 14.2 Å². The zero-order chi connectivity index (χ0) is 41.2. The molecular formula is C41H66N6O8. The normalized spacial score (nSPS) is 18.6. The Morgan fingerprint density at radius 1 is 1.02 bits per heavy atom. The van der Waals surface area contributed by atoms with Gasteiger partial charge in [0.05, 0.1) is 49.3 Å². The molecule has 1 aliphatic rings. The molecule has 55 heavy (non-hydrogen) atoms. The fourth-order valence-electron chi connectivity index (χ4n) is 7.63. The van der Waals surface area contributed by atoms with Crippen molar-refractivity contribution in [3.05, 3.63) is 36.0 Å². The maximum atomic E-state index is 14.2. The van der Waals surface area contributed by atoms with Gasteiger partial charge in [0, 0.05) is 51.3 Å². The van der Waals surface area contributed by atoms with Crippen LogP contribution in [0.1, 0.15) is 79.7 Å². The number of carbonyl (C=O) groups excluding carboxylic acids is 5. The quantitative estimate of drug-likeness (QED) is 0.147. The first-order valence-corrected chi connectivity index (χ1v) is 19.5. The zero-order valence-corrected chi connectivity index (χ0v) is 35.0. The minimum Gasteiger partial charge on any atom is -0.467 e. The number of nitrogens with zero attached hydrogens (tertiary/aromatic N) is 2. The van der Waals surface area contributed by atoms with Gasteiger partial charge in [-0.1, -0.05) is 59.2 Å². The molecule has 0 unspecified atom stereocenters. The highest BCUT2D eigenvalue weighted by Gasteiger charge is 2.43. The number of likely N-dealkylation sites (N-methyl/N-ethyl adjacent to an activating group) is 2. The number of nitrogens with one attached hydrogen (secondary N) is 4. The number of carbonyl (C=O) groups is 5. The minimum atomic E-state index is -0.934. The summed E-state index contributed by atoms with van der Waals surface area (Å²) in [5, 5.41) is 9.78. The van der Waals surface area contributed by atoms with E-state index in [2.05, 4.69) is 20.9 Å². The smallest absolute Gasteiger partial charge is 0.328 e. The van der Waals surface area contributed by atoms with E-state index in [9.17, 15) is 24.0 Å². The standard InChI is InChI=1S/C41H66N6O8/c1-13-25(4)35(46(9)38(50)34(24(2)3)45-40(52)41(6,7)42-8)32(53-10)22-33(48)47-20-16-19-31(47)36(54-11)26(5)37(49)44-30(39(51)55-12)21-27-23-43-29-18-15-14-17-28(27)29/h14-15,17-18,23-26,30-32,34-36,42-43H,13,16,19-22H2,1-12H3,(H,44,49)(H,45,52)/t25-,26+,30-,31-,32+,34-,35-,36+/m0/s1. The van der Waals surface area contributed by atoms with Gasteiger partial charge in [-0.05, 0) is 57.2 Å². The van der Waals surface area contributed by atoms with Crippen molar-refractivity contribution in [3.63, 3.8) is 0 Å². The van der Waals surface area contributed by atoms with Gasteiger partial charge in [0.2, 0.25) is 23.6 Å². The van der Waals surface area contributed by atoms with Gasteiger partial charge in [-0.15, -0.1) is 0 Å². The predicted octanol–water partition coefficient (Wildman–Crippen LogP) is 3.43. The predicted molar refractivity (Wildman–Crippen MR) is 212 cm³/mol. The maximum Gasteiger partial charge on any atom is 0.328 e. The molecule has 1 aliphatic heterocycles. The maximum absolute atomic E-state index is 14.2. The first-order valence-electron chi connectivity index (χ1n) is 19.5. The molecule has 0 spiro atoms. The molecule has 1 aromatic heterocycles. The van der Waals surface area contributed by atoms with Crippen LogP contribution in [0.15, 0.2) is 30.5 Å². The van der Waals surface area contributed by atoms with Crippen LogP contribution in [0.5, 0.6) is 0 Å². The molecule has 0 aliphatic carbocycles. The number of hydrogen-bond donors (Lipinski definition) is 4. The first kappa shape index (κ1) is 45.4. The summed E-state index contributed by atoms with van der Waals surface area (Å²) >= 11 is 0. The monoisotopic (exact) mass is 770 g/mol. The summed E-state index contributed by atoms with van der Waals surface area (Å²) in [6.07, 6.45) is 2.81. The number of fused-ring (bicyclic) bond motifs is 1. The number of likely N-dealkylation sites (tertiary alicyclic amines) is 1. The number of ether oxygens (including phenoxy) is 3. The van der Waals surface area contributed by atoms with Crippen LogP contribution in [0, 0.1) is 17.8 Å². The van der Waals surface area contributed by atoms with Gasteiger partial charge >= 0.3 is 5.97 Å². The molecule has 14 nitrogen and oxygen atoms in total. The van der Waals surface area contributed by atoms with E-state index in [0.717, 1.165) is 29.3 Å². The topological polar surface area (TPSA) is 171 Å². The summed E-state index contributed by atoms with van der Waals surface area (Å²) in [6, 6.07) is 5.13. The van der Waals surface area contributed by atoms with Crippen molar-refractivity contribution in [1.29, 1.82) is 0 Å². The highest BCUT2D eigenvalue weighted by molar-refractivity contribution is 5.92. The van der Waals surface area contributed by atoms with Gasteiger partial charge in [0.1, 0.15) is 12.1 Å². The fraction of sp³-hybridized carbons (Fsp3) is 0.683. The third-order valence-electron chi connectivity index (χ3n) is 11.6. The van der Waals surface area contributed by atoms with Crippen LogP contribution < -0.4 is 16.0 Å². The summed E-state index contributed by atoms with van der Waals surface area (Å²) < 4.78 is 17.0. The van der Waals surface area contributed by atoms with Gasteiger partial charge in [0.15, 0.2) is 0 Å². The van der Waals surface area contributed by atoms with Crippen molar-refractivity contribution in [2.45, 2.75) is 122 Å². The number of amides is 4. The van der Waals surface area contributed by atoms with Crippen LogP contribution in [0.2, 0.25) is 0 Å². The molecule has 0 bridgehead atoms. The molecule has 1 aromatic carbocycles. The van der Waals surface area contributed by atoms with E-state index in [1.54, 1.807) is 51.8 Å². The van der Waals surface area contributed by atoms with Gasteiger partial charge in [-0.3, -0.25) is 19.2 Å². The Balaban J connectivity index is 1.79. The summed E-state index contributed by atoms with van der Waals surface area (Å²) in [5.74, 6) is -2.63. The molecule has 0 saturated carbocycles. The van der Waals surface area contributed by atoms with E-state index in [-0.39, 0.29) is 42.4 Å². The summed E-state index contributed by atoms with van der Waals surface area (Å²) in [4.78, 5) is 74.8. The Bertz CT molecular complexity index is 1610. The lowest BCUT2D eigenvalue weighted by atomic mass is 9.89. The second-order valence-electron chi connectivity index (χ2n) is 15.8. The van der Waals surface area contributed by atoms with Crippen LogP contribution >= 0.6 is 0 Å². The van der Waals surface area contributed by atoms with Crippen molar-refractivity contribution >= 4 is 40.5 Å². The lowest BCUT2D eigenvalue weighted by Gasteiger charge is -2.41. The number of para-hydroxylation sites is 1. The molecule has 4 amide bonds. The molecular weight excluding hydrogens is 704 g/mol. The average Bonchev–Trinajstić information content (AvgIpc) is 3.83. The molecule has 1 saturated heterocycles. The number of rotatable bonds is 20. The highest BCUT2D eigenvalue weighted by atomic mass is 16.5. The number of aromatic nitrogens is 1. The average molecular weight is 771 g/mol. The van der Waals surface area contributed by atoms with E-state index < -0.39 is 59.7 Å². The van der Waals surface area contributed by atoms with Gasteiger partial charge in [-0.2, -0.15) is 0 Å². The summed E-state index contributed by atoms with van der Waals surface area (Å²) in [5.41, 5.74) is 0.913. The third kappa shape index (κ3) is 10.9. The number of benzene rings is 1. The molecule has 1 fully saturated rings. The van der Waals surface area contributed by atoms with Crippen molar-refractivity contribution < 1.29 is 38.2 Å². The van der Waals surface area contributed by atoms with E-state index in [1.165, 1.54) is 14.2 Å². The molecule has 2 aromatic rings. The lowest BCUT2D eigenvalue weighted by molar-refractivity contribution is -0.149. The van der Waals surface area contributed by atoms with Crippen molar-refractivity contribution in [2.24, 2.45) is 17.8 Å². The second-order valence-corrected chi connectivity index (χ2v) is 15.8. The van der Waals surface area contributed by atoms with Gasteiger partial charge < -0.3 is 44.9 Å². The Morgan fingerprint density at radius 2 is 1.69 bits per heavy atom. The van der Waals surface area contributed by atoms with E-state index >= 15 is 0 Å². The Morgan fingerprint density at radius 3 is 2.27 bits per heavy atom. The van der Waals surface area contributed by atoms with Crippen LogP contribution in [-0.4, -0.2) is 128 Å². The molecule has 3 rings (SSSR count). The molecule has 308 valence electrons. The largest absolute Gasteiger partial charge is 0.467 e. The Kier molecular flexibility index (Phi) is 16.7.